The molecule has 0 fully saturated rings. The summed E-state index contributed by atoms with van der Waals surface area (Å²) < 4.78 is 1.83. The third kappa shape index (κ3) is 14.9. The average Bonchev–Trinajstić information content (AvgIpc) is 2.94. The number of hydrogen-bond donors (Lipinski definition) is 1. The molecule has 222 valence electrons. The topological polar surface area (TPSA) is 54.9 Å². The molecule has 2 aromatic rings. The monoisotopic (exact) mass is 540 g/mol. The van der Waals surface area contributed by atoms with Crippen LogP contribution in [0.15, 0.2) is 33.9 Å². The van der Waals surface area contributed by atoms with E-state index in [1.807, 2.05) is 4.57 Å². The number of nitrogens with one attached hydrogen (secondary N) is 1. The van der Waals surface area contributed by atoms with E-state index in [0.717, 1.165) is 29.9 Å². The molecule has 2 aromatic heterocycles. The predicted octanol–water partition coefficient (Wildman–Crippen LogP) is 10.3. The molecular weight excluding hydrogens is 480 g/mol. The van der Waals surface area contributed by atoms with Crippen LogP contribution in [0.25, 0.3) is 11.0 Å². The van der Waals surface area contributed by atoms with E-state index in [-0.39, 0.29) is 11.1 Å². The average molecular weight is 541 g/mol. The van der Waals surface area contributed by atoms with Crippen molar-refractivity contribution in [2.45, 2.75) is 168 Å². The van der Waals surface area contributed by atoms with Crippen molar-refractivity contribution < 1.29 is 0 Å². The summed E-state index contributed by atoms with van der Waals surface area (Å²) in [7, 11) is 0. The van der Waals surface area contributed by atoms with Crippen LogP contribution in [0.1, 0.15) is 162 Å². The van der Waals surface area contributed by atoms with Gasteiger partial charge in [0.2, 0.25) is 5.56 Å². The third-order valence-electron chi connectivity index (χ3n) is 8.55. The van der Waals surface area contributed by atoms with Crippen molar-refractivity contribution in [1.29, 1.82) is 0 Å². The number of aromatic amines is 1. The van der Waals surface area contributed by atoms with Crippen LogP contribution in [0.4, 0.5) is 0 Å². The molecule has 0 spiro atoms. The van der Waals surface area contributed by atoms with E-state index in [9.17, 15) is 9.59 Å². The molecule has 0 aliphatic carbocycles. The lowest BCUT2D eigenvalue weighted by molar-refractivity contribution is 0.364. The highest BCUT2D eigenvalue weighted by Crippen LogP contribution is 2.24. The van der Waals surface area contributed by atoms with Crippen LogP contribution in [-0.4, -0.2) is 9.55 Å². The maximum absolute atomic E-state index is 12.5. The van der Waals surface area contributed by atoms with Crippen molar-refractivity contribution in [2.75, 3.05) is 0 Å². The van der Waals surface area contributed by atoms with Crippen LogP contribution in [0.3, 0.4) is 0 Å². The van der Waals surface area contributed by atoms with Gasteiger partial charge in [-0.3, -0.25) is 9.59 Å². The summed E-state index contributed by atoms with van der Waals surface area (Å²) >= 11 is 0. The molecule has 1 unspecified atom stereocenters. The van der Waals surface area contributed by atoms with E-state index in [0.29, 0.717) is 0 Å². The molecule has 1 N–H and O–H groups in total. The smallest absolute Gasteiger partial charge is 0.251 e. The lowest BCUT2D eigenvalue weighted by atomic mass is 9.90. The number of unbranched alkanes of at least 4 members (excludes halogenated alkanes) is 17. The van der Waals surface area contributed by atoms with Crippen LogP contribution in [-0.2, 0) is 6.54 Å². The van der Waals surface area contributed by atoms with Crippen LogP contribution < -0.4 is 11.1 Å². The largest absolute Gasteiger partial charge is 0.321 e. The number of hydrogen-bond acceptors (Lipinski definition) is 2. The highest BCUT2D eigenvalue weighted by molar-refractivity contribution is 5.73. The van der Waals surface area contributed by atoms with E-state index < -0.39 is 0 Å². The minimum absolute atomic E-state index is 0.0235. The lowest BCUT2D eigenvalue weighted by Crippen LogP contribution is -2.21. The quantitative estimate of drug-likeness (QED) is 0.127. The summed E-state index contributed by atoms with van der Waals surface area (Å²) in [6, 6.07) is 6.60. The van der Waals surface area contributed by atoms with Crippen molar-refractivity contribution in [1.82, 2.24) is 9.55 Å². The number of fused-ring (bicyclic) bond motifs is 1. The maximum Gasteiger partial charge on any atom is 0.251 e. The lowest BCUT2D eigenvalue weighted by Gasteiger charge is -2.17. The second-order valence-electron chi connectivity index (χ2n) is 12.0. The van der Waals surface area contributed by atoms with E-state index in [2.05, 4.69) is 18.8 Å². The predicted molar refractivity (Wildman–Crippen MR) is 170 cm³/mol. The van der Waals surface area contributed by atoms with Crippen molar-refractivity contribution in [2.24, 2.45) is 5.92 Å². The number of nitrogens with zero attached hydrogens (tertiary/aromatic N) is 1. The molecule has 0 saturated heterocycles. The normalized spacial score (nSPS) is 12.4. The first-order valence-corrected chi connectivity index (χ1v) is 16.9. The van der Waals surface area contributed by atoms with Crippen molar-refractivity contribution >= 4 is 11.0 Å². The number of aryl methyl sites for hydroxylation is 1. The Morgan fingerprint density at radius 1 is 0.564 bits per heavy atom. The first kappa shape index (κ1) is 33.4. The molecule has 0 saturated carbocycles. The molecule has 0 aromatic carbocycles. The van der Waals surface area contributed by atoms with Crippen LogP contribution in [0.5, 0.6) is 0 Å². The summed E-state index contributed by atoms with van der Waals surface area (Å²) in [5.41, 5.74) is 1.48. The Morgan fingerprint density at radius 3 is 1.54 bits per heavy atom. The van der Waals surface area contributed by atoms with Crippen molar-refractivity contribution in [3.63, 3.8) is 0 Å². The summed E-state index contributed by atoms with van der Waals surface area (Å²) in [5, 5.41) is 0. The highest BCUT2D eigenvalue weighted by Gasteiger charge is 2.10. The van der Waals surface area contributed by atoms with Crippen LogP contribution in [0, 0.1) is 5.92 Å². The molecule has 1 atom stereocenters. The summed E-state index contributed by atoms with van der Waals surface area (Å²) in [6.45, 7) is 5.31. The molecule has 0 amide bonds. The molecular formula is C35H60N2O2. The van der Waals surface area contributed by atoms with Crippen LogP contribution >= 0.6 is 0 Å². The standard InChI is InChI=1S/C35H60N2O2/c1-3-5-7-9-11-13-14-16-18-20-24-31(23-19-17-15-12-10-8-6-4-2)25-21-22-30-37-33-27-28-34(38)36-32(33)26-29-35(37)39/h26-29,31H,3-25,30H2,1-2H3,(H,36,38). The van der Waals surface area contributed by atoms with Gasteiger partial charge in [-0.25, -0.2) is 0 Å². The number of H-pyrrole nitrogens is 1. The minimum atomic E-state index is -0.122. The maximum atomic E-state index is 12.5. The van der Waals surface area contributed by atoms with Gasteiger partial charge in [0.25, 0.3) is 5.56 Å². The molecule has 2 rings (SSSR count). The molecule has 0 aliphatic heterocycles. The van der Waals surface area contributed by atoms with Gasteiger partial charge in [0, 0.05) is 18.7 Å². The third-order valence-corrected chi connectivity index (χ3v) is 8.55. The van der Waals surface area contributed by atoms with Gasteiger partial charge >= 0.3 is 0 Å². The Bertz CT molecular complexity index is 977. The van der Waals surface area contributed by atoms with Gasteiger partial charge in [-0.15, -0.1) is 0 Å². The van der Waals surface area contributed by atoms with E-state index >= 15 is 0 Å². The number of aromatic nitrogens is 2. The Balaban J connectivity index is 1.72. The molecule has 2 heterocycles. The fourth-order valence-electron chi connectivity index (χ4n) is 6.06. The van der Waals surface area contributed by atoms with Crippen molar-refractivity contribution in [3.8, 4) is 0 Å². The van der Waals surface area contributed by atoms with Gasteiger partial charge in [-0.05, 0) is 24.5 Å². The van der Waals surface area contributed by atoms with Crippen LogP contribution in [0.2, 0.25) is 0 Å². The Hall–Kier alpha value is -1.84. The van der Waals surface area contributed by atoms with E-state index in [4.69, 9.17) is 0 Å². The van der Waals surface area contributed by atoms with Crippen molar-refractivity contribution in [3.05, 3.63) is 45.0 Å². The van der Waals surface area contributed by atoms with Gasteiger partial charge in [0.05, 0.1) is 11.0 Å². The zero-order valence-corrected chi connectivity index (χ0v) is 25.6. The molecule has 0 radical (unpaired) electrons. The zero-order valence-electron chi connectivity index (χ0n) is 25.6. The summed E-state index contributed by atoms with van der Waals surface area (Å²) in [5.74, 6) is 0.833. The SMILES string of the molecule is CCCCCCCCCCCCC(CCCCCCCCCC)CCCCn1c(=O)ccc2[nH]c(=O)ccc21. The molecule has 0 bridgehead atoms. The fraction of sp³-hybridized carbons (Fsp3) is 0.771. The number of rotatable bonds is 25. The number of pyridine rings is 2. The van der Waals surface area contributed by atoms with Gasteiger partial charge in [-0.1, -0.05) is 155 Å². The summed E-state index contributed by atoms with van der Waals surface area (Å²) in [4.78, 5) is 27.0. The van der Waals surface area contributed by atoms with Gasteiger partial charge in [-0.2, -0.15) is 0 Å². The Morgan fingerprint density at radius 2 is 1.03 bits per heavy atom. The second-order valence-corrected chi connectivity index (χ2v) is 12.0. The first-order chi connectivity index (χ1) is 19.2. The fourth-order valence-corrected chi connectivity index (χ4v) is 6.06. The van der Waals surface area contributed by atoms with Gasteiger partial charge in [0.1, 0.15) is 0 Å². The van der Waals surface area contributed by atoms with E-state index in [1.165, 1.54) is 147 Å². The Labute approximate surface area is 239 Å². The molecule has 4 nitrogen and oxygen atoms in total. The summed E-state index contributed by atoms with van der Waals surface area (Å²) in [6.07, 6.45) is 31.4. The second kappa shape index (κ2) is 21.9. The van der Waals surface area contributed by atoms with E-state index in [1.54, 1.807) is 18.2 Å². The molecule has 4 heteroatoms. The highest BCUT2D eigenvalue weighted by atomic mass is 16.1. The zero-order chi connectivity index (χ0) is 28.0. The Kier molecular flexibility index (Phi) is 18.8. The molecule has 39 heavy (non-hydrogen) atoms. The molecule has 0 aliphatic rings. The first-order valence-electron chi connectivity index (χ1n) is 16.9. The minimum Gasteiger partial charge on any atom is -0.321 e. The van der Waals surface area contributed by atoms with Gasteiger partial charge in [0.15, 0.2) is 0 Å². The van der Waals surface area contributed by atoms with Gasteiger partial charge < -0.3 is 9.55 Å².